The number of benzene rings is 1. The molecule has 94 valence electrons. The summed E-state index contributed by atoms with van der Waals surface area (Å²) in [5.74, 6) is -2.29. The van der Waals surface area contributed by atoms with E-state index in [1.807, 2.05) is 0 Å². The third-order valence-electron chi connectivity index (χ3n) is 2.68. The second-order valence-electron chi connectivity index (χ2n) is 3.91. The predicted molar refractivity (Wildman–Crippen MR) is 63.1 cm³/mol. The van der Waals surface area contributed by atoms with E-state index >= 15 is 0 Å². The Bertz CT molecular complexity index is 513. The van der Waals surface area contributed by atoms with E-state index in [0.29, 0.717) is 24.3 Å². The molecule has 0 bridgehead atoms. The van der Waals surface area contributed by atoms with Crippen molar-refractivity contribution in [3.05, 3.63) is 29.8 Å². The van der Waals surface area contributed by atoms with Crippen LogP contribution < -0.4 is 10.2 Å². The molecule has 0 atom stereocenters. The normalized spacial score (nSPS) is 15.4. The highest BCUT2D eigenvalue weighted by atomic mass is 16.4. The van der Waals surface area contributed by atoms with Gasteiger partial charge in [0.05, 0.1) is 6.42 Å². The zero-order chi connectivity index (χ0) is 13.1. The maximum absolute atomic E-state index is 11.7. The summed E-state index contributed by atoms with van der Waals surface area (Å²) in [4.78, 5) is 35.1. The summed E-state index contributed by atoms with van der Waals surface area (Å²) in [5, 5.41) is 11.3. The zero-order valence-electron chi connectivity index (χ0n) is 9.55. The molecule has 18 heavy (non-hydrogen) atoms. The number of carboxylic acid groups (broad SMARTS) is 1. The minimum atomic E-state index is -0.976. The van der Waals surface area contributed by atoms with E-state index in [-0.39, 0.29) is 6.42 Å². The fourth-order valence-corrected chi connectivity index (χ4v) is 1.90. The first-order valence-corrected chi connectivity index (χ1v) is 5.49. The van der Waals surface area contributed by atoms with Crippen LogP contribution in [0.25, 0.3) is 0 Å². The van der Waals surface area contributed by atoms with Crippen molar-refractivity contribution < 1.29 is 19.5 Å². The number of carbonyl (C=O) groups excluding carboxylic acids is 2. The summed E-state index contributed by atoms with van der Waals surface area (Å²) in [6.07, 6.45) is -0.179. The molecule has 1 saturated heterocycles. The number of piperazine rings is 1. The lowest BCUT2D eigenvalue weighted by Gasteiger charge is -2.28. The van der Waals surface area contributed by atoms with Crippen LogP contribution in [-0.2, 0) is 20.8 Å². The van der Waals surface area contributed by atoms with Gasteiger partial charge in [-0.3, -0.25) is 14.4 Å². The Labute approximate surface area is 103 Å². The van der Waals surface area contributed by atoms with E-state index in [0.717, 1.165) is 0 Å². The Morgan fingerprint density at radius 3 is 2.78 bits per heavy atom. The number of nitrogens with zero attached hydrogens (tertiary/aromatic N) is 1. The van der Waals surface area contributed by atoms with Gasteiger partial charge in [0.25, 0.3) is 0 Å². The van der Waals surface area contributed by atoms with Gasteiger partial charge >= 0.3 is 17.8 Å². The molecule has 6 nitrogen and oxygen atoms in total. The number of nitrogens with one attached hydrogen (secondary N) is 1. The Kier molecular flexibility index (Phi) is 3.27. The van der Waals surface area contributed by atoms with Crippen LogP contribution >= 0.6 is 0 Å². The van der Waals surface area contributed by atoms with Gasteiger partial charge in [0, 0.05) is 18.8 Å². The molecule has 1 aliphatic rings. The summed E-state index contributed by atoms with van der Waals surface area (Å²) < 4.78 is 0. The van der Waals surface area contributed by atoms with Crippen LogP contribution in [0.5, 0.6) is 0 Å². The number of anilines is 1. The van der Waals surface area contributed by atoms with Crippen molar-refractivity contribution in [2.45, 2.75) is 6.42 Å². The molecule has 0 spiro atoms. The van der Waals surface area contributed by atoms with E-state index in [9.17, 15) is 14.4 Å². The number of amides is 2. The summed E-state index contributed by atoms with van der Waals surface area (Å²) >= 11 is 0. The molecule has 2 amide bonds. The van der Waals surface area contributed by atoms with Gasteiger partial charge in [-0.1, -0.05) is 18.2 Å². The lowest BCUT2D eigenvalue weighted by molar-refractivity contribution is -0.138. The van der Waals surface area contributed by atoms with Crippen LogP contribution in [0.15, 0.2) is 24.3 Å². The first-order valence-electron chi connectivity index (χ1n) is 5.49. The van der Waals surface area contributed by atoms with Crippen molar-refractivity contribution in [3.8, 4) is 0 Å². The first-order chi connectivity index (χ1) is 8.59. The predicted octanol–water partition coefficient (Wildman–Crippen LogP) is -0.223. The van der Waals surface area contributed by atoms with Crippen molar-refractivity contribution in [3.63, 3.8) is 0 Å². The maximum atomic E-state index is 11.7. The van der Waals surface area contributed by atoms with Gasteiger partial charge < -0.3 is 15.3 Å². The Morgan fingerprint density at radius 1 is 1.33 bits per heavy atom. The van der Waals surface area contributed by atoms with Gasteiger partial charge in [0.2, 0.25) is 0 Å². The Balaban J connectivity index is 2.34. The third-order valence-corrected chi connectivity index (χ3v) is 2.68. The topological polar surface area (TPSA) is 86.7 Å². The molecule has 1 aromatic rings. The fourth-order valence-electron chi connectivity index (χ4n) is 1.90. The second kappa shape index (κ2) is 4.87. The van der Waals surface area contributed by atoms with Crippen LogP contribution in [0.3, 0.4) is 0 Å². The fraction of sp³-hybridized carbons (Fsp3) is 0.250. The largest absolute Gasteiger partial charge is 0.481 e. The molecule has 0 saturated carbocycles. The van der Waals surface area contributed by atoms with Crippen molar-refractivity contribution in [1.29, 1.82) is 0 Å². The molecule has 2 rings (SSSR count). The molecule has 6 heteroatoms. The van der Waals surface area contributed by atoms with Crippen LogP contribution in [0, 0.1) is 0 Å². The molecule has 0 aromatic heterocycles. The smallest absolute Gasteiger partial charge is 0.316 e. The highest BCUT2D eigenvalue weighted by Gasteiger charge is 2.28. The van der Waals surface area contributed by atoms with Crippen LogP contribution in [0.2, 0.25) is 0 Å². The van der Waals surface area contributed by atoms with Crippen molar-refractivity contribution in [2.75, 3.05) is 18.0 Å². The second-order valence-corrected chi connectivity index (χ2v) is 3.91. The van der Waals surface area contributed by atoms with Gasteiger partial charge in [-0.2, -0.15) is 0 Å². The molecule has 0 radical (unpaired) electrons. The SMILES string of the molecule is O=C(O)Cc1ccccc1N1CCNC(=O)C1=O. The van der Waals surface area contributed by atoms with E-state index < -0.39 is 17.8 Å². The Hall–Kier alpha value is -2.37. The summed E-state index contributed by atoms with van der Waals surface area (Å²) in [7, 11) is 0. The molecule has 1 aromatic carbocycles. The molecule has 1 fully saturated rings. The van der Waals surface area contributed by atoms with Crippen molar-refractivity contribution >= 4 is 23.5 Å². The molecule has 1 aliphatic heterocycles. The van der Waals surface area contributed by atoms with Gasteiger partial charge in [-0.15, -0.1) is 0 Å². The van der Waals surface area contributed by atoms with E-state index in [1.54, 1.807) is 24.3 Å². The van der Waals surface area contributed by atoms with Gasteiger partial charge in [0.1, 0.15) is 0 Å². The summed E-state index contributed by atoms with van der Waals surface area (Å²) in [5.41, 5.74) is 1.01. The number of rotatable bonds is 3. The van der Waals surface area contributed by atoms with Crippen LogP contribution in [0.1, 0.15) is 5.56 Å². The minimum absolute atomic E-state index is 0.179. The number of aliphatic carboxylic acids is 1. The number of hydrogen-bond donors (Lipinski definition) is 2. The van der Waals surface area contributed by atoms with E-state index in [2.05, 4.69) is 5.32 Å². The summed E-state index contributed by atoms with van der Waals surface area (Å²) in [6.45, 7) is 0.715. The lowest BCUT2D eigenvalue weighted by Crippen LogP contribution is -2.52. The average Bonchev–Trinajstić information content (AvgIpc) is 2.33. The minimum Gasteiger partial charge on any atom is -0.481 e. The number of carbonyl (C=O) groups is 3. The molecular formula is C12H12N2O4. The van der Waals surface area contributed by atoms with Gasteiger partial charge in [0.15, 0.2) is 0 Å². The monoisotopic (exact) mass is 248 g/mol. The van der Waals surface area contributed by atoms with Gasteiger partial charge in [-0.25, -0.2) is 0 Å². The molecule has 0 unspecified atom stereocenters. The van der Waals surface area contributed by atoms with E-state index in [1.165, 1.54) is 4.90 Å². The maximum Gasteiger partial charge on any atom is 0.316 e. The molecule has 0 aliphatic carbocycles. The average molecular weight is 248 g/mol. The number of para-hydroxylation sites is 1. The standard InChI is InChI=1S/C12H12N2O4/c15-10(16)7-8-3-1-2-4-9(8)14-6-5-13-11(17)12(14)18/h1-4H,5-7H2,(H,13,17)(H,15,16). The van der Waals surface area contributed by atoms with Crippen LogP contribution in [-0.4, -0.2) is 36.0 Å². The molecule has 2 N–H and O–H groups in total. The molecular weight excluding hydrogens is 236 g/mol. The quantitative estimate of drug-likeness (QED) is 0.724. The summed E-state index contributed by atoms with van der Waals surface area (Å²) in [6, 6.07) is 6.70. The van der Waals surface area contributed by atoms with E-state index in [4.69, 9.17) is 5.11 Å². The zero-order valence-corrected chi connectivity index (χ0v) is 9.55. The number of hydrogen-bond acceptors (Lipinski definition) is 3. The first kappa shape index (κ1) is 12.1. The van der Waals surface area contributed by atoms with Gasteiger partial charge in [-0.05, 0) is 11.6 Å². The lowest BCUT2D eigenvalue weighted by atomic mass is 10.1. The van der Waals surface area contributed by atoms with Crippen molar-refractivity contribution in [1.82, 2.24) is 5.32 Å². The highest BCUT2D eigenvalue weighted by molar-refractivity contribution is 6.41. The van der Waals surface area contributed by atoms with Crippen LogP contribution in [0.4, 0.5) is 5.69 Å². The molecule has 1 heterocycles. The van der Waals surface area contributed by atoms with Crippen molar-refractivity contribution in [2.24, 2.45) is 0 Å². The Morgan fingerprint density at radius 2 is 2.06 bits per heavy atom. The third kappa shape index (κ3) is 2.32. The number of carboxylic acids is 1. The highest BCUT2D eigenvalue weighted by Crippen LogP contribution is 2.22.